The Bertz CT molecular complexity index is 585. The van der Waals surface area contributed by atoms with Crippen LogP contribution in [0.2, 0.25) is 0 Å². The van der Waals surface area contributed by atoms with E-state index in [0.29, 0.717) is 0 Å². The van der Waals surface area contributed by atoms with E-state index in [0.717, 1.165) is 0 Å². The first-order valence-electron chi connectivity index (χ1n) is 6.15. The molecule has 1 heterocycles. The number of amides is 1. The van der Waals surface area contributed by atoms with E-state index < -0.39 is 23.5 Å². The molecule has 21 heavy (non-hydrogen) atoms. The van der Waals surface area contributed by atoms with E-state index in [2.05, 4.69) is 15.5 Å². The molecular formula is C13H14F3N3O2. The highest BCUT2D eigenvalue weighted by Crippen LogP contribution is 2.52. The molecule has 0 spiro atoms. The number of hydrogen-bond acceptors (Lipinski definition) is 4. The molecule has 2 rings (SSSR count). The van der Waals surface area contributed by atoms with Crippen molar-refractivity contribution in [3.8, 4) is 0 Å². The smallest absolute Gasteiger partial charge is 0.442 e. The fourth-order valence-corrected chi connectivity index (χ4v) is 1.68. The average Bonchev–Trinajstić information content (AvgIpc) is 3.06. The van der Waals surface area contributed by atoms with Gasteiger partial charge in [0.25, 0.3) is 0 Å². The molecular weight excluding hydrogens is 287 g/mol. The summed E-state index contributed by atoms with van der Waals surface area (Å²) in [7, 11) is 0. The van der Waals surface area contributed by atoms with E-state index in [1.807, 2.05) is 0 Å². The van der Waals surface area contributed by atoms with Crippen LogP contribution in [0.25, 0.3) is 0 Å². The zero-order valence-electron chi connectivity index (χ0n) is 11.7. The van der Waals surface area contributed by atoms with Gasteiger partial charge in [0.05, 0.1) is 0 Å². The normalized spacial score (nSPS) is 16.5. The number of carbonyl (C=O) groups excluding carboxylic acids is 1. The fourth-order valence-electron chi connectivity index (χ4n) is 1.68. The highest BCUT2D eigenvalue weighted by molar-refractivity contribution is 5.85. The van der Waals surface area contributed by atoms with Crippen LogP contribution in [0, 0.1) is 0 Å². The van der Waals surface area contributed by atoms with Gasteiger partial charge in [-0.15, -0.1) is 10.2 Å². The molecule has 1 amide bonds. The van der Waals surface area contributed by atoms with Gasteiger partial charge in [-0.2, -0.15) is 13.2 Å². The Morgan fingerprint density at radius 1 is 1.24 bits per heavy atom. The number of halogens is 3. The maximum absolute atomic E-state index is 12.9. The van der Waals surface area contributed by atoms with Gasteiger partial charge >= 0.3 is 17.9 Å². The van der Waals surface area contributed by atoms with E-state index in [1.54, 1.807) is 20.8 Å². The molecule has 0 aliphatic carbocycles. The van der Waals surface area contributed by atoms with Crippen LogP contribution in [0.4, 0.5) is 23.7 Å². The molecule has 1 aromatic rings. The summed E-state index contributed by atoms with van der Waals surface area (Å²) in [5.74, 6) is 0. The Kier molecular flexibility index (Phi) is 3.43. The number of rotatable bonds is 2. The van der Waals surface area contributed by atoms with Crippen LogP contribution in [0.1, 0.15) is 26.3 Å². The van der Waals surface area contributed by atoms with Gasteiger partial charge in [0.2, 0.25) is 0 Å². The maximum atomic E-state index is 12.9. The SMILES string of the molecule is CC(C)(C)OC(=O)Nc1cccc(C2(C(F)(F)F)N=N2)c1. The molecule has 1 aromatic carbocycles. The summed E-state index contributed by atoms with van der Waals surface area (Å²) in [6, 6.07) is 5.28. The topological polar surface area (TPSA) is 63.0 Å². The molecule has 0 atom stereocenters. The number of carbonyl (C=O) groups is 1. The summed E-state index contributed by atoms with van der Waals surface area (Å²) in [5, 5.41) is 8.60. The summed E-state index contributed by atoms with van der Waals surface area (Å²) < 4.78 is 43.7. The summed E-state index contributed by atoms with van der Waals surface area (Å²) in [6.45, 7) is 5.05. The van der Waals surface area contributed by atoms with Gasteiger partial charge < -0.3 is 4.74 Å². The third kappa shape index (κ3) is 3.32. The van der Waals surface area contributed by atoms with Gasteiger partial charge in [-0.25, -0.2) is 4.79 Å². The summed E-state index contributed by atoms with van der Waals surface area (Å²) in [5.41, 5.74) is -3.17. The molecule has 0 saturated heterocycles. The van der Waals surface area contributed by atoms with Crippen LogP contribution in [0.3, 0.4) is 0 Å². The number of nitrogens with one attached hydrogen (secondary N) is 1. The van der Waals surface area contributed by atoms with Crippen molar-refractivity contribution in [2.75, 3.05) is 5.32 Å². The van der Waals surface area contributed by atoms with Crippen molar-refractivity contribution in [2.45, 2.75) is 38.2 Å². The predicted molar refractivity (Wildman–Crippen MR) is 68.9 cm³/mol. The minimum absolute atomic E-state index is 0.149. The largest absolute Gasteiger partial charge is 0.444 e. The Balaban J connectivity index is 2.15. The van der Waals surface area contributed by atoms with E-state index in [9.17, 15) is 18.0 Å². The third-order valence-electron chi connectivity index (χ3n) is 2.61. The second-order valence-corrected chi connectivity index (χ2v) is 5.58. The highest BCUT2D eigenvalue weighted by Gasteiger charge is 2.65. The lowest BCUT2D eigenvalue weighted by Gasteiger charge is -2.20. The summed E-state index contributed by atoms with van der Waals surface area (Å²) >= 11 is 0. The van der Waals surface area contributed by atoms with Crippen LogP contribution in [-0.2, 0) is 10.4 Å². The van der Waals surface area contributed by atoms with Crippen molar-refractivity contribution >= 4 is 11.8 Å². The average molecular weight is 301 g/mol. The molecule has 1 N–H and O–H groups in total. The first-order valence-corrected chi connectivity index (χ1v) is 6.15. The fraction of sp³-hybridized carbons (Fsp3) is 0.462. The highest BCUT2D eigenvalue weighted by atomic mass is 19.4. The lowest BCUT2D eigenvalue weighted by molar-refractivity contribution is -0.166. The second kappa shape index (κ2) is 4.71. The Morgan fingerprint density at radius 3 is 2.33 bits per heavy atom. The van der Waals surface area contributed by atoms with Crippen molar-refractivity contribution in [3.05, 3.63) is 29.8 Å². The van der Waals surface area contributed by atoms with Gasteiger partial charge in [0.1, 0.15) is 5.60 Å². The number of benzene rings is 1. The van der Waals surface area contributed by atoms with Gasteiger partial charge in [0.15, 0.2) is 0 Å². The van der Waals surface area contributed by atoms with Crippen LogP contribution in [0.5, 0.6) is 0 Å². The number of nitrogens with zero attached hydrogens (tertiary/aromatic N) is 2. The van der Waals surface area contributed by atoms with E-state index >= 15 is 0 Å². The molecule has 8 heteroatoms. The van der Waals surface area contributed by atoms with Crippen molar-refractivity contribution < 1.29 is 22.7 Å². The molecule has 114 valence electrons. The van der Waals surface area contributed by atoms with Crippen LogP contribution in [-0.4, -0.2) is 17.9 Å². The number of anilines is 1. The Labute approximate surface area is 119 Å². The molecule has 1 aliphatic heterocycles. The van der Waals surface area contributed by atoms with E-state index in [-0.39, 0.29) is 11.3 Å². The lowest BCUT2D eigenvalue weighted by atomic mass is 10.0. The van der Waals surface area contributed by atoms with Crippen LogP contribution in [0.15, 0.2) is 34.5 Å². The molecule has 5 nitrogen and oxygen atoms in total. The predicted octanol–water partition coefficient (Wildman–Crippen LogP) is 4.21. The zero-order chi connectivity index (χ0) is 15.9. The Hall–Kier alpha value is -2.12. The molecule has 0 bridgehead atoms. The van der Waals surface area contributed by atoms with Crippen molar-refractivity contribution in [1.82, 2.24) is 0 Å². The van der Waals surface area contributed by atoms with Crippen LogP contribution < -0.4 is 5.32 Å². The molecule has 0 aromatic heterocycles. The minimum atomic E-state index is -4.60. The number of alkyl halides is 3. The summed E-state index contributed by atoms with van der Waals surface area (Å²) in [6.07, 6.45) is -5.34. The van der Waals surface area contributed by atoms with Crippen LogP contribution >= 0.6 is 0 Å². The standard InChI is InChI=1S/C13H14F3N3O2/c1-11(2,3)21-10(20)17-9-6-4-5-8(7-9)12(18-19-12)13(14,15)16/h4-7H,1-3H3,(H,17,20). The quantitative estimate of drug-likeness (QED) is 0.889. The number of hydrogen-bond donors (Lipinski definition) is 1. The lowest BCUT2D eigenvalue weighted by Crippen LogP contribution is -2.30. The van der Waals surface area contributed by atoms with Crippen molar-refractivity contribution in [1.29, 1.82) is 0 Å². The molecule has 0 unspecified atom stereocenters. The van der Waals surface area contributed by atoms with Gasteiger partial charge in [0, 0.05) is 11.3 Å². The first-order chi connectivity index (χ1) is 9.53. The third-order valence-corrected chi connectivity index (χ3v) is 2.61. The zero-order valence-corrected chi connectivity index (χ0v) is 11.7. The monoisotopic (exact) mass is 301 g/mol. The number of ether oxygens (including phenoxy) is 1. The van der Waals surface area contributed by atoms with Gasteiger partial charge in [-0.3, -0.25) is 5.32 Å². The molecule has 0 radical (unpaired) electrons. The molecule has 0 fully saturated rings. The summed E-state index contributed by atoms with van der Waals surface area (Å²) in [4.78, 5) is 11.6. The van der Waals surface area contributed by atoms with Gasteiger partial charge in [-0.1, -0.05) is 12.1 Å². The van der Waals surface area contributed by atoms with E-state index in [1.165, 1.54) is 24.3 Å². The van der Waals surface area contributed by atoms with Gasteiger partial charge in [-0.05, 0) is 32.9 Å². The first kappa shape index (κ1) is 15.3. The Morgan fingerprint density at radius 2 is 1.86 bits per heavy atom. The van der Waals surface area contributed by atoms with Crippen molar-refractivity contribution in [3.63, 3.8) is 0 Å². The second-order valence-electron chi connectivity index (χ2n) is 5.58. The minimum Gasteiger partial charge on any atom is -0.444 e. The molecule has 1 aliphatic rings. The molecule has 0 saturated carbocycles. The maximum Gasteiger partial charge on any atom is 0.442 e. The van der Waals surface area contributed by atoms with E-state index in [4.69, 9.17) is 4.74 Å². The van der Waals surface area contributed by atoms with Crippen molar-refractivity contribution in [2.24, 2.45) is 10.2 Å².